The number of hydrogen-bond donors (Lipinski definition) is 2. The molecule has 1 heterocycles. The summed E-state index contributed by atoms with van der Waals surface area (Å²) in [5, 5.41) is 10.5. The summed E-state index contributed by atoms with van der Waals surface area (Å²) in [5.41, 5.74) is 3.23. The number of benzene rings is 1. The highest BCUT2D eigenvalue weighted by Gasteiger charge is 2.08. The zero-order chi connectivity index (χ0) is 18.2. The van der Waals surface area contributed by atoms with Crippen LogP contribution in [0.3, 0.4) is 0 Å². The molecule has 0 aliphatic rings. The molecule has 0 amide bonds. The largest absolute Gasteiger partial charge is 0.491 e. The van der Waals surface area contributed by atoms with Crippen LogP contribution in [0.15, 0.2) is 33.8 Å². The van der Waals surface area contributed by atoms with Crippen LogP contribution in [0.25, 0.3) is 0 Å². The Morgan fingerprint density at radius 3 is 2.64 bits per heavy atom. The Kier molecular flexibility index (Phi) is 6.86. The van der Waals surface area contributed by atoms with E-state index in [4.69, 9.17) is 9.26 Å². The van der Waals surface area contributed by atoms with Crippen LogP contribution in [0.2, 0.25) is 0 Å². The Balaban J connectivity index is 1.94. The smallest absolute Gasteiger partial charge is 0.191 e. The summed E-state index contributed by atoms with van der Waals surface area (Å²) in [6.45, 7) is 9.33. The van der Waals surface area contributed by atoms with Crippen LogP contribution in [-0.2, 0) is 19.5 Å². The van der Waals surface area contributed by atoms with Gasteiger partial charge < -0.3 is 19.9 Å². The minimum atomic E-state index is 0.136. The van der Waals surface area contributed by atoms with Crippen molar-refractivity contribution in [1.82, 2.24) is 15.8 Å². The van der Waals surface area contributed by atoms with Gasteiger partial charge in [-0.1, -0.05) is 24.2 Å². The lowest BCUT2D eigenvalue weighted by atomic mass is 10.1. The number of nitrogens with one attached hydrogen (secondary N) is 2. The normalized spacial score (nSPS) is 11.7. The van der Waals surface area contributed by atoms with Gasteiger partial charge in [-0.05, 0) is 38.8 Å². The van der Waals surface area contributed by atoms with E-state index in [0.29, 0.717) is 19.0 Å². The van der Waals surface area contributed by atoms with E-state index < -0.39 is 0 Å². The Morgan fingerprint density at radius 1 is 1.24 bits per heavy atom. The lowest BCUT2D eigenvalue weighted by molar-refractivity contribution is 0.239. The predicted molar refractivity (Wildman–Crippen MR) is 99.9 cm³/mol. The van der Waals surface area contributed by atoms with E-state index >= 15 is 0 Å². The number of aryl methyl sites for hydroxylation is 2. The third kappa shape index (κ3) is 5.81. The van der Waals surface area contributed by atoms with Gasteiger partial charge in [0.15, 0.2) is 11.7 Å². The number of rotatable bonds is 7. The maximum atomic E-state index is 5.91. The zero-order valence-corrected chi connectivity index (χ0v) is 15.7. The number of aromatic nitrogens is 1. The molecule has 0 unspecified atom stereocenters. The summed E-state index contributed by atoms with van der Waals surface area (Å²) in [6.07, 6.45) is 1.000. The second-order valence-electron chi connectivity index (χ2n) is 6.20. The summed E-state index contributed by atoms with van der Waals surface area (Å²) in [7, 11) is 1.74. The topological polar surface area (TPSA) is 71.7 Å². The molecule has 0 fully saturated rings. The second-order valence-corrected chi connectivity index (χ2v) is 6.20. The molecule has 0 radical (unpaired) electrons. The molecule has 2 aromatic rings. The molecular weight excluding hydrogens is 316 g/mol. The third-order valence-corrected chi connectivity index (χ3v) is 3.66. The van der Waals surface area contributed by atoms with Crippen molar-refractivity contribution in [2.24, 2.45) is 4.99 Å². The molecule has 0 spiro atoms. The van der Waals surface area contributed by atoms with E-state index in [2.05, 4.69) is 45.9 Å². The molecule has 1 aromatic heterocycles. The Bertz CT molecular complexity index is 707. The van der Waals surface area contributed by atoms with Crippen LogP contribution in [0.1, 0.15) is 43.4 Å². The van der Waals surface area contributed by atoms with E-state index in [1.807, 2.05) is 26.8 Å². The summed E-state index contributed by atoms with van der Waals surface area (Å²) >= 11 is 0. The highest BCUT2D eigenvalue weighted by Crippen LogP contribution is 2.21. The minimum absolute atomic E-state index is 0.136. The molecule has 0 bridgehead atoms. The van der Waals surface area contributed by atoms with Gasteiger partial charge in [0.2, 0.25) is 0 Å². The summed E-state index contributed by atoms with van der Waals surface area (Å²) in [5.74, 6) is 2.39. The minimum Gasteiger partial charge on any atom is -0.491 e. The molecule has 0 aliphatic heterocycles. The highest BCUT2D eigenvalue weighted by molar-refractivity contribution is 5.79. The third-order valence-electron chi connectivity index (χ3n) is 3.66. The van der Waals surface area contributed by atoms with E-state index in [0.717, 1.165) is 29.2 Å². The van der Waals surface area contributed by atoms with Gasteiger partial charge in [0.1, 0.15) is 5.75 Å². The van der Waals surface area contributed by atoms with Gasteiger partial charge in [-0.3, -0.25) is 4.99 Å². The lowest BCUT2D eigenvalue weighted by Crippen LogP contribution is -2.36. The first kappa shape index (κ1) is 18.8. The van der Waals surface area contributed by atoms with Crippen molar-refractivity contribution in [3.05, 3.63) is 46.8 Å². The zero-order valence-electron chi connectivity index (χ0n) is 15.7. The molecule has 6 nitrogen and oxygen atoms in total. The first-order valence-corrected chi connectivity index (χ1v) is 8.67. The first-order valence-electron chi connectivity index (χ1n) is 8.67. The van der Waals surface area contributed by atoms with Gasteiger partial charge in [-0.15, -0.1) is 0 Å². The van der Waals surface area contributed by atoms with Crippen molar-refractivity contribution in [3.8, 4) is 5.75 Å². The monoisotopic (exact) mass is 344 g/mol. The van der Waals surface area contributed by atoms with Gasteiger partial charge >= 0.3 is 0 Å². The first-order chi connectivity index (χ1) is 12.0. The highest BCUT2D eigenvalue weighted by atomic mass is 16.5. The van der Waals surface area contributed by atoms with Crippen molar-refractivity contribution >= 4 is 5.96 Å². The average molecular weight is 344 g/mol. The molecule has 0 aliphatic carbocycles. The number of nitrogens with zero attached hydrogens (tertiary/aromatic N) is 2. The second kappa shape index (κ2) is 9.11. The summed E-state index contributed by atoms with van der Waals surface area (Å²) in [4.78, 5) is 4.24. The van der Waals surface area contributed by atoms with Crippen molar-refractivity contribution in [3.63, 3.8) is 0 Å². The van der Waals surface area contributed by atoms with Gasteiger partial charge in [0, 0.05) is 25.2 Å². The van der Waals surface area contributed by atoms with Crippen LogP contribution >= 0.6 is 0 Å². The van der Waals surface area contributed by atoms with E-state index in [-0.39, 0.29) is 6.10 Å². The van der Waals surface area contributed by atoms with Crippen LogP contribution in [0, 0.1) is 6.92 Å². The molecule has 1 aromatic carbocycles. The standard InChI is InChI=1S/C19H28N4O2/c1-6-16-10-17(25-23-16)12-22-19(20-5)21-11-15-8-7-14(4)9-18(15)24-13(2)3/h7-10,13H,6,11-12H2,1-5H3,(H2,20,21,22). The lowest BCUT2D eigenvalue weighted by Gasteiger charge is -2.17. The SMILES string of the molecule is CCc1cc(CNC(=NC)NCc2ccc(C)cc2OC(C)C)on1. The van der Waals surface area contributed by atoms with Crippen LogP contribution in [0.5, 0.6) is 5.75 Å². The maximum absolute atomic E-state index is 5.91. The van der Waals surface area contributed by atoms with Crippen molar-refractivity contribution < 1.29 is 9.26 Å². The average Bonchev–Trinajstić information content (AvgIpc) is 3.04. The molecule has 0 atom stereocenters. The maximum Gasteiger partial charge on any atom is 0.191 e. The fraction of sp³-hybridized carbons (Fsp3) is 0.474. The van der Waals surface area contributed by atoms with E-state index in [9.17, 15) is 0 Å². The molecule has 2 N–H and O–H groups in total. The summed E-state index contributed by atoms with van der Waals surface area (Å²) < 4.78 is 11.2. The quantitative estimate of drug-likeness (QED) is 0.596. The fourth-order valence-corrected chi connectivity index (χ4v) is 2.35. The molecule has 25 heavy (non-hydrogen) atoms. The molecule has 6 heteroatoms. The van der Waals surface area contributed by atoms with Crippen molar-refractivity contribution in [2.45, 2.75) is 53.3 Å². The molecule has 136 valence electrons. The molecular formula is C19H28N4O2. The van der Waals surface area contributed by atoms with Gasteiger partial charge in [-0.2, -0.15) is 0 Å². The van der Waals surface area contributed by atoms with Gasteiger partial charge in [0.25, 0.3) is 0 Å². The Labute approximate surface area is 149 Å². The number of hydrogen-bond acceptors (Lipinski definition) is 4. The van der Waals surface area contributed by atoms with Gasteiger partial charge in [-0.25, -0.2) is 0 Å². The van der Waals surface area contributed by atoms with E-state index in [1.165, 1.54) is 5.56 Å². The van der Waals surface area contributed by atoms with Crippen LogP contribution in [0.4, 0.5) is 0 Å². The Morgan fingerprint density at radius 2 is 2.00 bits per heavy atom. The van der Waals surface area contributed by atoms with Gasteiger partial charge in [0.05, 0.1) is 18.3 Å². The Hall–Kier alpha value is -2.50. The fourth-order valence-electron chi connectivity index (χ4n) is 2.35. The number of guanidine groups is 1. The predicted octanol–water partition coefficient (Wildman–Crippen LogP) is 3.20. The molecule has 0 saturated heterocycles. The van der Waals surface area contributed by atoms with Crippen molar-refractivity contribution in [2.75, 3.05) is 7.05 Å². The van der Waals surface area contributed by atoms with E-state index in [1.54, 1.807) is 7.05 Å². The number of aliphatic imine (C=N–C) groups is 1. The summed E-state index contributed by atoms with van der Waals surface area (Å²) in [6, 6.07) is 8.18. The van der Waals surface area contributed by atoms with Crippen LogP contribution in [-0.4, -0.2) is 24.3 Å². The number of ether oxygens (including phenoxy) is 1. The van der Waals surface area contributed by atoms with Crippen molar-refractivity contribution in [1.29, 1.82) is 0 Å². The molecule has 2 rings (SSSR count). The molecule has 0 saturated carbocycles. The van der Waals surface area contributed by atoms with Crippen LogP contribution < -0.4 is 15.4 Å².